The second kappa shape index (κ2) is 9.36. The summed E-state index contributed by atoms with van der Waals surface area (Å²) in [7, 11) is 1.52. The molecule has 158 valence electrons. The second-order valence-corrected chi connectivity index (χ2v) is 7.97. The number of hydrogen-bond acceptors (Lipinski definition) is 5. The Morgan fingerprint density at radius 2 is 2.00 bits per heavy atom. The topological polar surface area (TPSA) is 71.8 Å². The summed E-state index contributed by atoms with van der Waals surface area (Å²) >= 11 is 0. The Morgan fingerprint density at radius 3 is 2.73 bits per heavy atom. The molecule has 0 unspecified atom stereocenters. The number of rotatable bonds is 7. The maximum absolute atomic E-state index is 11.9. The normalized spacial score (nSPS) is 15.5. The Hall–Kier alpha value is -2.77. The van der Waals surface area contributed by atoms with E-state index in [0.717, 1.165) is 49.4 Å². The number of benzene rings is 1. The Morgan fingerprint density at radius 1 is 1.23 bits per heavy atom. The van der Waals surface area contributed by atoms with Crippen molar-refractivity contribution in [2.45, 2.75) is 38.8 Å². The minimum atomic E-state index is -0.127. The standard InChI is InChI=1S/C23H29N5O2/c1-17-12-21-24-13-20(14-25-22(29)16-30-2)23(28(21)26-17)19-8-10-27(11-9-19)15-18-6-4-3-5-7-18/h3-7,12-13,19H,8-11,14-16H2,1-2H3,(H,25,29). The van der Waals surface area contributed by atoms with Crippen molar-refractivity contribution in [1.82, 2.24) is 24.8 Å². The van der Waals surface area contributed by atoms with Crippen LogP contribution in [-0.4, -0.2) is 52.2 Å². The molecule has 1 N–H and O–H groups in total. The van der Waals surface area contributed by atoms with Crippen LogP contribution in [0.25, 0.3) is 5.65 Å². The third-order valence-corrected chi connectivity index (χ3v) is 5.70. The molecule has 0 aliphatic carbocycles. The monoisotopic (exact) mass is 407 g/mol. The van der Waals surface area contributed by atoms with Gasteiger partial charge in [0.15, 0.2) is 5.65 Å². The number of fused-ring (bicyclic) bond motifs is 1. The highest BCUT2D eigenvalue weighted by Crippen LogP contribution is 2.31. The van der Waals surface area contributed by atoms with Crippen LogP contribution in [0.5, 0.6) is 0 Å². The quantitative estimate of drug-likeness (QED) is 0.652. The molecule has 1 aliphatic heterocycles. The third-order valence-electron chi connectivity index (χ3n) is 5.70. The molecule has 1 aromatic carbocycles. The number of nitrogens with zero attached hydrogens (tertiary/aromatic N) is 4. The van der Waals surface area contributed by atoms with Gasteiger partial charge in [0.1, 0.15) is 6.61 Å². The lowest BCUT2D eigenvalue weighted by atomic mass is 9.90. The first-order valence-electron chi connectivity index (χ1n) is 10.5. The van der Waals surface area contributed by atoms with Crippen molar-refractivity contribution < 1.29 is 9.53 Å². The zero-order valence-corrected chi connectivity index (χ0v) is 17.7. The van der Waals surface area contributed by atoms with Gasteiger partial charge in [-0.15, -0.1) is 0 Å². The van der Waals surface area contributed by atoms with Crippen molar-refractivity contribution in [2.24, 2.45) is 0 Å². The molecule has 30 heavy (non-hydrogen) atoms. The molecule has 1 aliphatic rings. The number of carbonyl (C=O) groups is 1. The zero-order chi connectivity index (χ0) is 20.9. The molecule has 3 heterocycles. The number of methoxy groups -OCH3 is 1. The van der Waals surface area contributed by atoms with Crippen molar-refractivity contribution >= 4 is 11.6 Å². The Kier molecular flexibility index (Phi) is 6.40. The molecule has 3 aromatic rings. The fraction of sp³-hybridized carbons (Fsp3) is 0.435. The zero-order valence-electron chi connectivity index (χ0n) is 17.7. The van der Waals surface area contributed by atoms with E-state index in [4.69, 9.17) is 9.84 Å². The first-order valence-corrected chi connectivity index (χ1v) is 10.5. The highest BCUT2D eigenvalue weighted by atomic mass is 16.5. The van der Waals surface area contributed by atoms with Gasteiger partial charge in [-0.1, -0.05) is 30.3 Å². The van der Waals surface area contributed by atoms with E-state index in [9.17, 15) is 4.79 Å². The smallest absolute Gasteiger partial charge is 0.246 e. The van der Waals surface area contributed by atoms with Gasteiger partial charge in [-0.2, -0.15) is 5.10 Å². The highest BCUT2D eigenvalue weighted by Gasteiger charge is 2.26. The number of hydrogen-bond donors (Lipinski definition) is 1. The molecule has 7 nitrogen and oxygen atoms in total. The van der Waals surface area contributed by atoms with E-state index in [1.807, 2.05) is 23.7 Å². The van der Waals surface area contributed by atoms with Crippen molar-refractivity contribution in [3.63, 3.8) is 0 Å². The molecule has 0 atom stereocenters. The van der Waals surface area contributed by atoms with Crippen molar-refractivity contribution in [2.75, 3.05) is 26.8 Å². The van der Waals surface area contributed by atoms with Crippen LogP contribution in [-0.2, 0) is 22.6 Å². The van der Waals surface area contributed by atoms with Gasteiger partial charge >= 0.3 is 0 Å². The van der Waals surface area contributed by atoms with Gasteiger partial charge in [0.2, 0.25) is 5.91 Å². The second-order valence-electron chi connectivity index (χ2n) is 7.97. The molecular weight excluding hydrogens is 378 g/mol. The van der Waals surface area contributed by atoms with Gasteiger partial charge in [-0.05, 0) is 38.4 Å². The number of nitrogens with one attached hydrogen (secondary N) is 1. The summed E-state index contributed by atoms with van der Waals surface area (Å²) in [5.74, 6) is 0.258. The van der Waals surface area contributed by atoms with E-state index >= 15 is 0 Å². The fourth-order valence-corrected chi connectivity index (χ4v) is 4.25. The van der Waals surface area contributed by atoms with Crippen molar-refractivity contribution in [1.29, 1.82) is 0 Å². The molecule has 0 bridgehead atoms. The lowest BCUT2D eigenvalue weighted by Crippen LogP contribution is -2.34. The summed E-state index contributed by atoms with van der Waals surface area (Å²) < 4.78 is 6.90. The molecule has 1 saturated heterocycles. The molecule has 1 fully saturated rings. The van der Waals surface area contributed by atoms with Crippen LogP contribution in [0.15, 0.2) is 42.6 Å². The van der Waals surface area contributed by atoms with Crippen LogP contribution >= 0.6 is 0 Å². The molecule has 0 saturated carbocycles. The fourth-order valence-electron chi connectivity index (χ4n) is 4.25. The Labute approximate surface area is 177 Å². The van der Waals surface area contributed by atoms with Gasteiger partial charge in [0.25, 0.3) is 0 Å². The molecule has 7 heteroatoms. The summed E-state index contributed by atoms with van der Waals surface area (Å²) in [4.78, 5) is 19.0. The SMILES string of the molecule is COCC(=O)NCc1cnc2cc(C)nn2c1C1CCN(Cc2ccccc2)CC1. The van der Waals surface area contributed by atoms with Crippen molar-refractivity contribution in [3.8, 4) is 0 Å². The van der Waals surface area contributed by atoms with Crippen LogP contribution < -0.4 is 5.32 Å². The number of carbonyl (C=O) groups excluding carboxylic acids is 1. The van der Waals surface area contributed by atoms with Gasteiger partial charge in [0, 0.05) is 43.9 Å². The number of piperidine rings is 1. The maximum atomic E-state index is 11.9. The average Bonchev–Trinajstić information content (AvgIpc) is 3.14. The Balaban J connectivity index is 1.52. The molecule has 1 amide bonds. The van der Waals surface area contributed by atoms with Crippen LogP contribution in [0.2, 0.25) is 0 Å². The minimum absolute atomic E-state index is 0.0593. The summed E-state index contributed by atoms with van der Waals surface area (Å²) in [6.45, 7) is 5.55. The third kappa shape index (κ3) is 4.68. The number of ether oxygens (including phenoxy) is 1. The summed E-state index contributed by atoms with van der Waals surface area (Å²) in [6, 6.07) is 12.6. The predicted octanol–water partition coefficient (Wildman–Crippen LogP) is 2.68. The molecular formula is C23H29N5O2. The minimum Gasteiger partial charge on any atom is -0.375 e. The highest BCUT2D eigenvalue weighted by molar-refractivity contribution is 5.77. The Bertz CT molecular complexity index is 994. The number of aromatic nitrogens is 3. The lowest BCUT2D eigenvalue weighted by Gasteiger charge is -2.33. The first kappa shape index (κ1) is 20.5. The maximum Gasteiger partial charge on any atom is 0.246 e. The van der Waals surface area contributed by atoms with Crippen LogP contribution in [0.3, 0.4) is 0 Å². The average molecular weight is 408 g/mol. The van der Waals surface area contributed by atoms with E-state index < -0.39 is 0 Å². The van der Waals surface area contributed by atoms with Gasteiger partial charge in [-0.3, -0.25) is 9.69 Å². The predicted molar refractivity (Wildman–Crippen MR) is 115 cm³/mol. The molecule has 0 radical (unpaired) electrons. The largest absolute Gasteiger partial charge is 0.375 e. The summed E-state index contributed by atoms with van der Waals surface area (Å²) in [5, 5.41) is 7.64. The van der Waals surface area contributed by atoms with Gasteiger partial charge in [0.05, 0.1) is 11.4 Å². The van der Waals surface area contributed by atoms with Crippen LogP contribution in [0.1, 0.15) is 41.3 Å². The first-order chi connectivity index (χ1) is 14.6. The van der Waals surface area contributed by atoms with Crippen LogP contribution in [0, 0.1) is 6.92 Å². The summed E-state index contributed by atoms with van der Waals surface area (Å²) in [6.07, 6.45) is 4.00. The number of aryl methyl sites for hydroxylation is 1. The van der Waals surface area contributed by atoms with E-state index in [0.29, 0.717) is 12.5 Å². The van der Waals surface area contributed by atoms with E-state index in [1.54, 1.807) is 0 Å². The van der Waals surface area contributed by atoms with E-state index in [2.05, 4.69) is 45.5 Å². The molecule has 0 spiro atoms. The van der Waals surface area contributed by atoms with Crippen molar-refractivity contribution in [3.05, 3.63) is 65.1 Å². The number of likely N-dealkylation sites (tertiary alicyclic amines) is 1. The van der Waals surface area contributed by atoms with Gasteiger partial charge in [-0.25, -0.2) is 9.50 Å². The van der Waals surface area contributed by atoms with Crippen LogP contribution in [0.4, 0.5) is 0 Å². The van der Waals surface area contributed by atoms with Gasteiger partial charge < -0.3 is 10.1 Å². The van der Waals surface area contributed by atoms with E-state index in [-0.39, 0.29) is 12.5 Å². The molecule has 4 rings (SSSR count). The van der Waals surface area contributed by atoms with E-state index in [1.165, 1.54) is 18.4 Å². The molecule has 2 aromatic heterocycles. The lowest BCUT2D eigenvalue weighted by molar-refractivity contribution is -0.124. The summed E-state index contributed by atoms with van der Waals surface area (Å²) in [5.41, 5.74) is 5.36. The number of amides is 1.